The predicted octanol–water partition coefficient (Wildman–Crippen LogP) is 2.06. The van der Waals surface area contributed by atoms with E-state index in [1.165, 1.54) is 0 Å². The fourth-order valence-electron chi connectivity index (χ4n) is 2.02. The van der Waals surface area contributed by atoms with Crippen LogP contribution in [0.25, 0.3) is 0 Å². The molecule has 5 heteroatoms. The Bertz CT molecular complexity index is 428. The summed E-state index contributed by atoms with van der Waals surface area (Å²) in [7, 11) is 0. The van der Waals surface area contributed by atoms with Crippen LogP contribution in [0, 0.1) is 12.8 Å². The van der Waals surface area contributed by atoms with E-state index in [4.69, 9.17) is 4.74 Å². The second-order valence-corrected chi connectivity index (χ2v) is 5.94. The van der Waals surface area contributed by atoms with Crippen LogP contribution in [0.4, 0.5) is 4.79 Å². The number of amides is 1. The van der Waals surface area contributed by atoms with Crippen molar-refractivity contribution >= 4 is 6.09 Å². The van der Waals surface area contributed by atoms with E-state index in [0.29, 0.717) is 5.92 Å². The highest BCUT2D eigenvalue weighted by Crippen LogP contribution is 2.21. The zero-order chi connectivity index (χ0) is 13.3. The van der Waals surface area contributed by atoms with Gasteiger partial charge in [0, 0.05) is 37.4 Å². The summed E-state index contributed by atoms with van der Waals surface area (Å²) in [6, 6.07) is 0. The highest BCUT2D eigenvalue weighted by atomic mass is 16.6. The fraction of sp³-hybridized carbons (Fsp3) is 0.692. The molecular formula is C13H21N3O2. The molecular weight excluding hydrogens is 230 g/mol. The SMILES string of the molecule is Cc1cncn1CC1CN(C(=O)OC(C)(C)C)C1. The summed E-state index contributed by atoms with van der Waals surface area (Å²) < 4.78 is 7.44. The number of aryl methyl sites for hydroxylation is 1. The standard InChI is InChI=1S/C13H21N3O2/c1-10-5-14-9-16(10)8-11-6-15(7-11)12(17)18-13(2,3)4/h5,9,11H,6-8H2,1-4H3. The first-order valence-electron chi connectivity index (χ1n) is 6.30. The maximum absolute atomic E-state index is 11.7. The molecule has 0 bridgehead atoms. The number of aromatic nitrogens is 2. The van der Waals surface area contributed by atoms with E-state index in [2.05, 4.69) is 9.55 Å². The minimum atomic E-state index is -0.414. The maximum Gasteiger partial charge on any atom is 0.410 e. The van der Waals surface area contributed by atoms with Gasteiger partial charge in [-0.1, -0.05) is 0 Å². The first kappa shape index (κ1) is 12.9. The van der Waals surface area contributed by atoms with Crippen molar-refractivity contribution in [2.45, 2.75) is 39.8 Å². The summed E-state index contributed by atoms with van der Waals surface area (Å²) in [4.78, 5) is 17.6. The third-order valence-electron chi connectivity index (χ3n) is 2.98. The van der Waals surface area contributed by atoms with Gasteiger partial charge >= 0.3 is 6.09 Å². The van der Waals surface area contributed by atoms with Gasteiger partial charge in [-0.05, 0) is 27.7 Å². The van der Waals surface area contributed by atoms with Crippen molar-refractivity contribution in [1.29, 1.82) is 0 Å². The molecule has 0 radical (unpaired) electrons. The lowest BCUT2D eigenvalue weighted by Crippen LogP contribution is -2.52. The third kappa shape index (κ3) is 3.03. The van der Waals surface area contributed by atoms with Gasteiger partial charge in [0.2, 0.25) is 0 Å². The van der Waals surface area contributed by atoms with Gasteiger partial charge in [-0.2, -0.15) is 0 Å². The van der Waals surface area contributed by atoms with Gasteiger partial charge in [0.15, 0.2) is 0 Å². The molecule has 0 unspecified atom stereocenters. The lowest BCUT2D eigenvalue weighted by Gasteiger charge is -2.40. The largest absolute Gasteiger partial charge is 0.444 e. The van der Waals surface area contributed by atoms with Crippen molar-refractivity contribution in [3.05, 3.63) is 18.2 Å². The molecule has 1 aliphatic heterocycles. The number of hydrogen-bond donors (Lipinski definition) is 0. The molecule has 0 aromatic carbocycles. The van der Waals surface area contributed by atoms with Crippen LogP contribution in [0.1, 0.15) is 26.5 Å². The minimum Gasteiger partial charge on any atom is -0.444 e. The van der Waals surface area contributed by atoms with Crippen molar-refractivity contribution in [1.82, 2.24) is 14.5 Å². The van der Waals surface area contributed by atoms with Gasteiger partial charge in [0.05, 0.1) is 6.33 Å². The van der Waals surface area contributed by atoms with E-state index in [1.807, 2.05) is 40.2 Å². The average molecular weight is 251 g/mol. The zero-order valence-corrected chi connectivity index (χ0v) is 11.5. The van der Waals surface area contributed by atoms with Crippen molar-refractivity contribution in [2.75, 3.05) is 13.1 Å². The summed E-state index contributed by atoms with van der Waals surface area (Å²) in [5, 5.41) is 0. The highest BCUT2D eigenvalue weighted by Gasteiger charge is 2.33. The first-order valence-corrected chi connectivity index (χ1v) is 6.30. The van der Waals surface area contributed by atoms with Crippen molar-refractivity contribution < 1.29 is 9.53 Å². The van der Waals surface area contributed by atoms with Gasteiger partial charge in [0.1, 0.15) is 5.60 Å². The van der Waals surface area contributed by atoms with Gasteiger partial charge in [-0.15, -0.1) is 0 Å². The fourth-order valence-corrected chi connectivity index (χ4v) is 2.02. The number of carbonyl (C=O) groups excluding carboxylic acids is 1. The summed E-state index contributed by atoms with van der Waals surface area (Å²) in [5.41, 5.74) is 0.744. The van der Waals surface area contributed by atoms with Crippen LogP contribution in [0.2, 0.25) is 0 Å². The molecule has 1 aliphatic rings. The van der Waals surface area contributed by atoms with E-state index in [9.17, 15) is 4.79 Å². The number of carbonyl (C=O) groups is 1. The number of ether oxygens (including phenoxy) is 1. The van der Waals surface area contributed by atoms with Crippen molar-refractivity contribution in [3.63, 3.8) is 0 Å². The van der Waals surface area contributed by atoms with Gasteiger partial charge in [-0.25, -0.2) is 9.78 Å². The number of likely N-dealkylation sites (tertiary alicyclic amines) is 1. The molecule has 1 amide bonds. The van der Waals surface area contributed by atoms with Crippen LogP contribution in [0.3, 0.4) is 0 Å². The Kier molecular flexibility index (Phi) is 3.32. The van der Waals surface area contributed by atoms with E-state index in [0.717, 1.165) is 25.3 Å². The number of imidazole rings is 1. The molecule has 1 aromatic rings. The van der Waals surface area contributed by atoms with Crippen molar-refractivity contribution in [3.8, 4) is 0 Å². The van der Waals surface area contributed by atoms with Gasteiger partial charge in [0.25, 0.3) is 0 Å². The zero-order valence-electron chi connectivity index (χ0n) is 11.5. The number of nitrogens with zero attached hydrogens (tertiary/aromatic N) is 3. The Morgan fingerprint density at radius 3 is 2.67 bits per heavy atom. The Morgan fingerprint density at radius 2 is 2.17 bits per heavy atom. The predicted molar refractivity (Wildman–Crippen MR) is 68.3 cm³/mol. The van der Waals surface area contributed by atoms with Gasteiger partial charge < -0.3 is 14.2 Å². The van der Waals surface area contributed by atoms with E-state index >= 15 is 0 Å². The Balaban J connectivity index is 1.77. The Labute approximate surface area is 108 Å². The molecule has 0 aliphatic carbocycles. The molecule has 1 fully saturated rings. The molecule has 100 valence electrons. The topological polar surface area (TPSA) is 47.4 Å². The lowest BCUT2D eigenvalue weighted by atomic mass is 10.0. The summed E-state index contributed by atoms with van der Waals surface area (Å²) in [5.74, 6) is 0.505. The summed E-state index contributed by atoms with van der Waals surface area (Å²) in [6.45, 7) is 10.2. The van der Waals surface area contributed by atoms with E-state index in [-0.39, 0.29) is 6.09 Å². The average Bonchev–Trinajstić information content (AvgIpc) is 2.54. The molecule has 1 saturated heterocycles. The highest BCUT2D eigenvalue weighted by molar-refractivity contribution is 5.69. The molecule has 2 heterocycles. The quantitative estimate of drug-likeness (QED) is 0.808. The molecule has 0 spiro atoms. The molecule has 2 rings (SSSR count). The van der Waals surface area contributed by atoms with Crippen LogP contribution in [0.5, 0.6) is 0 Å². The molecule has 0 N–H and O–H groups in total. The molecule has 0 saturated carbocycles. The molecule has 18 heavy (non-hydrogen) atoms. The second-order valence-electron chi connectivity index (χ2n) is 5.94. The van der Waals surface area contributed by atoms with Crippen LogP contribution in [0.15, 0.2) is 12.5 Å². The van der Waals surface area contributed by atoms with Crippen LogP contribution in [-0.2, 0) is 11.3 Å². The monoisotopic (exact) mass is 251 g/mol. The second kappa shape index (κ2) is 4.63. The Hall–Kier alpha value is -1.52. The van der Waals surface area contributed by atoms with Crippen molar-refractivity contribution in [2.24, 2.45) is 5.92 Å². The number of rotatable bonds is 2. The van der Waals surface area contributed by atoms with Gasteiger partial charge in [-0.3, -0.25) is 0 Å². The molecule has 0 atom stereocenters. The summed E-state index contributed by atoms with van der Waals surface area (Å²) in [6.07, 6.45) is 3.48. The molecule has 1 aromatic heterocycles. The first-order chi connectivity index (χ1) is 8.35. The maximum atomic E-state index is 11.7. The van der Waals surface area contributed by atoms with Crippen LogP contribution >= 0.6 is 0 Å². The van der Waals surface area contributed by atoms with Crippen LogP contribution in [-0.4, -0.2) is 39.2 Å². The smallest absolute Gasteiger partial charge is 0.410 e. The normalized spacial score (nSPS) is 16.6. The number of hydrogen-bond acceptors (Lipinski definition) is 3. The molecule has 5 nitrogen and oxygen atoms in total. The summed E-state index contributed by atoms with van der Waals surface area (Å²) >= 11 is 0. The minimum absolute atomic E-state index is 0.207. The lowest BCUT2D eigenvalue weighted by molar-refractivity contribution is -0.00339. The van der Waals surface area contributed by atoms with E-state index < -0.39 is 5.60 Å². The Morgan fingerprint density at radius 1 is 1.50 bits per heavy atom. The van der Waals surface area contributed by atoms with E-state index in [1.54, 1.807) is 4.90 Å². The third-order valence-corrected chi connectivity index (χ3v) is 2.98. The van der Waals surface area contributed by atoms with Crippen LogP contribution < -0.4 is 0 Å².